The molecule has 9 nitrogen and oxygen atoms in total. The van der Waals surface area contributed by atoms with E-state index in [9.17, 15) is 19.2 Å². The Morgan fingerprint density at radius 3 is 2.51 bits per heavy atom. The molecule has 0 bridgehead atoms. The minimum atomic E-state index is -0.406. The van der Waals surface area contributed by atoms with Crippen LogP contribution in [0.15, 0.2) is 59.6 Å². The molecule has 2 heterocycles. The number of hydrogen-bond acceptors (Lipinski definition) is 7. The van der Waals surface area contributed by atoms with Crippen molar-refractivity contribution in [2.75, 3.05) is 25.6 Å². The van der Waals surface area contributed by atoms with E-state index in [0.29, 0.717) is 52.5 Å². The molecule has 1 N–H and O–H groups in total. The van der Waals surface area contributed by atoms with Crippen LogP contribution in [-0.4, -0.2) is 60.3 Å². The minimum Gasteiger partial charge on any atom is -0.493 e. The first-order valence-electron chi connectivity index (χ1n) is 13.6. The van der Waals surface area contributed by atoms with E-state index >= 15 is 0 Å². The Morgan fingerprint density at radius 2 is 1.73 bits per heavy atom. The summed E-state index contributed by atoms with van der Waals surface area (Å²) in [6.07, 6.45) is 4.14. The van der Waals surface area contributed by atoms with Gasteiger partial charge in [0.2, 0.25) is 5.91 Å². The summed E-state index contributed by atoms with van der Waals surface area (Å²) in [6.45, 7) is 2.92. The molecule has 9 heteroatoms. The fourth-order valence-corrected chi connectivity index (χ4v) is 5.78. The molecular formula is C32H29N3O6. The summed E-state index contributed by atoms with van der Waals surface area (Å²) in [5, 5.41) is 2.80. The van der Waals surface area contributed by atoms with Gasteiger partial charge in [0, 0.05) is 41.9 Å². The molecule has 1 fully saturated rings. The van der Waals surface area contributed by atoms with Crippen LogP contribution in [0.3, 0.4) is 0 Å². The summed E-state index contributed by atoms with van der Waals surface area (Å²) < 4.78 is 11.5. The van der Waals surface area contributed by atoms with Crippen LogP contribution in [0.4, 0.5) is 11.4 Å². The van der Waals surface area contributed by atoms with E-state index in [1.165, 1.54) is 7.11 Å². The minimum absolute atomic E-state index is 0.0780. The van der Waals surface area contributed by atoms with Crippen molar-refractivity contribution in [3.63, 3.8) is 0 Å². The summed E-state index contributed by atoms with van der Waals surface area (Å²) in [4.78, 5) is 58.7. The number of hydrogen-bond donors (Lipinski definition) is 1. The smallest absolute Gasteiger partial charge is 0.256 e. The van der Waals surface area contributed by atoms with Gasteiger partial charge in [0.25, 0.3) is 5.91 Å². The van der Waals surface area contributed by atoms with Gasteiger partial charge in [0.05, 0.1) is 41.8 Å². The van der Waals surface area contributed by atoms with Crippen LogP contribution in [0, 0.1) is 0 Å². The van der Waals surface area contributed by atoms with Crippen molar-refractivity contribution in [3.05, 3.63) is 82.4 Å². The van der Waals surface area contributed by atoms with E-state index in [4.69, 9.17) is 9.47 Å². The van der Waals surface area contributed by atoms with Gasteiger partial charge in [0.15, 0.2) is 23.1 Å². The van der Waals surface area contributed by atoms with E-state index in [0.717, 1.165) is 12.8 Å². The summed E-state index contributed by atoms with van der Waals surface area (Å²) >= 11 is 0. The Labute approximate surface area is 237 Å². The molecule has 6 rings (SSSR count). The van der Waals surface area contributed by atoms with Crippen LogP contribution in [0.25, 0.3) is 0 Å². The first-order valence-corrected chi connectivity index (χ1v) is 13.6. The number of methoxy groups -OCH3 is 1. The van der Waals surface area contributed by atoms with Gasteiger partial charge in [-0.15, -0.1) is 0 Å². The SMILES string of the molecule is COc1cc2c(cc1OCCCC(=O)Nc1cccc3c1C(=O)c1ccccc1C3=O)N=C[C@]1(C)CCCN1C2=O. The van der Waals surface area contributed by atoms with Crippen molar-refractivity contribution in [3.8, 4) is 11.5 Å². The molecule has 0 unspecified atom stereocenters. The van der Waals surface area contributed by atoms with Crippen molar-refractivity contribution < 1.29 is 28.7 Å². The van der Waals surface area contributed by atoms with E-state index in [2.05, 4.69) is 10.3 Å². The molecule has 41 heavy (non-hydrogen) atoms. The van der Waals surface area contributed by atoms with Crippen LogP contribution in [0.5, 0.6) is 11.5 Å². The molecule has 3 aromatic rings. The number of rotatable bonds is 7. The maximum absolute atomic E-state index is 13.2. The second-order valence-corrected chi connectivity index (χ2v) is 10.6. The van der Waals surface area contributed by atoms with Gasteiger partial charge in [0.1, 0.15) is 0 Å². The number of aliphatic imine (C=N–C) groups is 1. The van der Waals surface area contributed by atoms with Gasteiger partial charge in [-0.25, -0.2) is 0 Å². The number of carbonyl (C=O) groups is 4. The molecule has 1 aliphatic carbocycles. The molecule has 1 atom stereocenters. The largest absolute Gasteiger partial charge is 0.493 e. The Balaban J connectivity index is 1.12. The maximum Gasteiger partial charge on any atom is 0.256 e. The molecule has 3 aromatic carbocycles. The van der Waals surface area contributed by atoms with Gasteiger partial charge in [-0.2, -0.15) is 0 Å². The predicted octanol–water partition coefficient (Wildman–Crippen LogP) is 4.98. The quantitative estimate of drug-likeness (QED) is 0.324. The highest BCUT2D eigenvalue weighted by Crippen LogP contribution is 2.40. The lowest BCUT2D eigenvalue weighted by Gasteiger charge is -2.30. The fraction of sp³-hybridized carbons (Fsp3) is 0.281. The Bertz CT molecular complexity index is 1640. The fourth-order valence-electron chi connectivity index (χ4n) is 5.78. The van der Waals surface area contributed by atoms with Crippen LogP contribution >= 0.6 is 0 Å². The van der Waals surface area contributed by atoms with E-state index in [1.54, 1.807) is 54.6 Å². The van der Waals surface area contributed by atoms with Crippen molar-refractivity contribution in [1.29, 1.82) is 0 Å². The normalized spacial score (nSPS) is 18.7. The van der Waals surface area contributed by atoms with Crippen LogP contribution in [0.1, 0.15) is 74.8 Å². The monoisotopic (exact) mass is 551 g/mol. The predicted molar refractivity (Wildman–Crippen MR) is 153 cm³/mol. The average molecular weight is 552 g/mol. The van der Waals surface area contributed by atoms with Crippen molar-refractivity contribution in [2.45, 2.75) is 38.1 Å². The number of ketones is 2. The summed E-state index contributed by atoms with van der Waals surface area (Å²) in [5.41, 5.74) is 2.08. The first kappa shape index (κ1) is 26.4. The zero-order chi connectivity index (χ0) is 28.7. The summed E-state index contributed by atoms with van der Waals surface area (Å²) in [7, 11) is 1.51. The molecule has 0 saturated carbocycles. The van der Waals surface area contributed by atoms with Crippen molar-refractivity contribution >= 4 is 41.0 Å². The van der Waals surface area contributed by atoms with Gasteiger partial charge < -0.3 is 19.7 Å². The number of anilines is 1. The lowest BCUT2D eigenvalue weighted by atomic mass is 9.83. The number of carbonyl (C=O) groups excluding carboxylic acids is 4. The third-order valence-corrected chi connectivity index (χ3v) is 7.95. The van der Waals surface area contributed by atoms with Crippen LogP contribution < -0.4 is 14.8 Å². The van der Waals surface area contributed by atoms with Gasteiger partial charge in [-0.3, -0.25) is 24.2 Å². The Kier molecular flexibility index (Phi) is 6.65. The third-order valence-electron chi connectivity index (χ3n) is 7.95. The zero-order valence-corrected chi connectivity index (χ0v) is 22.9. The number of ether oxygens (including phenoxy) is 2. The number of nitrogens with zero attached hydrogens (tertiary/aromatic N) is 2. The van der Waals surface area contributed by atoms with Crippen molar-refractivity contribution in [2.24, 2.45) is 4.99 Å². The van der Waals surface area contributed by atoms with Gasteiger partial charge >= 0.3 is 0 Å². The average Bonchev–Trinajstić information content (AvgIpc) is 3.33. The molecule has 0 spiro atoms. The number of fused-ring (bicyclic) bond motifs is 4. The third kappa shape index (κ3) is 4.57. The Morgan fingerprint density at radius 1 is 0.976 bits per heavy atom. The van der Waals surface area contributed by atoms with E-state index in [-0.39, 0.29) is 47.5 Å². The highest BCUT2D eigenvalue weighted by atomic mass is 16.5. The molecule has 3 aliphatic rings. The van der Waals surface area contributed by atoms with Gasteiger partial charge in [-0.1, -0.05) is 36.4 Å². The first-order chi connectivity index (χ1) is 19.8. The zero-order valence-electron chi connectivity index (χ0n) is 22.9. The molecule has 0 aromatic heterocycles. The number of benzene rings is 3. The van der Waals surface area contributed by atoms with Crippen LogP contribution in [0.2, 0.25) is 0 Å². The lowest BCUT2D eigenvalue weighted by Crippen LogP contribution is -2.45. The standard InChI is InChI=1S/C32H29N3O6/c1-32-13-7-14-35(32)31(39)22-16-25(40-2)26(17-24(22)33-18-32)41-15-6-12-27(36)34-23-11-5-10-21-28(23)30(38)20-9-4-3-8-19(20)29(21)37/h3-5,8-11,16-18H,6-7,12-15H2,1-2H3,(H,34,36)/t32-/m0/s1. The highest BCUT2D eigenvalue weighted by molar-refractivity contribution is 6.30. The van der Waals surface area contributed by atoms with E-state index in [1.807, 2.05) is 18.0 Å². The number of nitrogens with one attached hydrogen (secondary N) is 1. The molecule has 1 saturated heterocycles. The van der Waals surface area contributed by atoms with Gasteiger partial charge in [-0.05, 0) is 38.3 Å². The number of amides is 2. The molecule has 208 valence electrons. The maximum atomic E-state index is 13.2. The second-order valence-electron chi connectivity index (χ2n) is 10.6. The second kappa shape index (κ2) is 10.3. The molecular weight excluding hydrogens is 522 g/mol. The summed E-state index contributed by atoms with van der Waals surface area (Å²) in [5.74, 6) is -0.0669. The Hall–Kier alpha value is -4.79. The van der Waals surface area contributed by atoms with Crippen molar-refractivity contribution in [1.82, 2.24) is 4.90 Å². The molecule has 2 aliphatic heterocycles. The topological polar surface area (TPSA) is 114 Å². The molecule has 0 radical (unpaired) electrons. The van der Waals surface area contributed by atoms with Crippen LogP contribution in [-0.2, 0) is 4.79 Å². The molecule has 2 amide bonds. The van der Waals surface area contributed by atoms with E-state index < -0.39 is 5.54 Å². The summed E-state index contributed by atoms with van der Waals surface area (Å²) in [6, 6.07) is 14.9. The highest BCUT2D eigenvalue weighted by Gasteiger charge is 2.41. The lowest BCUT2D eigenvalue weighted by molar-refractivity contribution is -0.116.